The van der Waals surface area contributed by atoms with E-state index in [1.165, 1.54) is 17.1 Å². The Morgan fingerprint density at radius 1 is 0.929 bits per heavy atom. The van der Waals surface area contributed by atoms with Gasteiger partial charge in [-0.2, -0.15) is 0 Å². The average Bonchev–Trinajstić information content (AvgIpc) is 3.11. The van der Waals surface area contributed by atoms with E-state index >= 15 is 0 Å². The van der Waals surface area contributed by atoms with Crippen LogP contribution in [0.15, 0.2) is 84.2 Å². The molecule has 5 nitrogen and oxygen atoms in total. The molecule has 0 spiro atoms. The summed E-state index contributed by atoms with van der Waals surface area (Å²) in [6.07, 6.45) is 6.82. The van der Waals surface area contributed by atoms with Crippen LogP contribution in [0.1, 0.15) is 5.56 Å². The maximum absolute atomic E-state index is 12.4. The molecule has 136 valence electrons. The first-order valence-electron chi connectivity index (χ1n) is 9.13. The van der Waals surface area contributed by atoms with Crippen LogP contribution in [0.3, 0.4) is 0 Å². The van der Waals surface area contributed by atoms with Gasteiger partial charge in [-0.3, -0.25) is 14.3 Å². The number of nitrogens with zero attached hydrogens (tertiary/aromatic N) is 4. The summed E-state index contributed by atoms with van der Waals surface area (Å²) < 4.78 is 3.84. The Balaban J connectivity index is 1.57. The third kappa shape index (κ3) is 2.77. The minimum Gasteiger partial charge on any atom is -0.351 e. The number of fused-ring (bicyclic) bond motifs is 2. The van der Waals surface area contributed by atoms with Gasteiger partial charge in [-0.15, -0.1) is 0 Å². The molecule has 0 atom stereocenters. The second-order valence-corrected chi connectivity index (χ2v) is 6.95. The van der Waals surface area contributed by atoms with Crippen LogP contribution in [-0.4, -0.2) is 19.1 Å². The molecular formula is C23H18N4O. The van der Waals surface area contributed by atoms with Crippen LogP contribution in [0.4, 0.5) is 0 Å². The van der Waals surface area contributed by atoms with E-state index in [1.807, 2.05) is 18.2 Å². The summed E-state index contributed by atoms with van der Waals surface area (Å²) in [5, 5.41) is 1.23. The van der Waals surface area contributed by atoms with Crippen molar-refractivity contribution in [2.45, 2.75) is 6.54 Å². The normalized spacial score (nSPS) is 11.3. The number of pyridine rings is 1. The van der Waals surface area contributed by atoms with Crippen molar-refractivity contribution in [3.8, 4) is 11.1 Å². The largest absolute Gasteiger partial charge is 0.351 e. The molecule has 0 unspecified atom stereocenters. The van der Waals surface area contributed by atoms with Crippen LogP contribution >= 0.6 is 0 Å². The Morgan fingerprint density at radius 3 is 2.75 bits per heavy atom. The van der Waals surface area contributed by atoms with Gasteiger partial charge >= 0.3 is 0 Å². The number of aryl methyl sites for hydroxylation is 1. The van der Waals surface area contributed by atoms with Crippen molar-refractivity contribution >= 4 is 21.9 Å². The van der Waals surface area contributed by atoms with Gasteiger partial charge in [0.25, 0.3) is 5.56 Å². The molecule has 28 heavy (non-hydrogen) atoms. The number of rotatable bonds is 3. The molecule has 0 fully saturated rings. The maximum atomic E-state index is 12.4. The third-order valence-corrected chi connectivity index (χ3v) is 5.14. The zero-order chi connectivity index (χ0) is 19.1. The lowest BCUT2D eigenvalue weighted by atomic mass is 10.0. The summed E-state index contributed by atoms with van der Waals surface area (Å²) >= 11 is 0. The van der Waals surface area contributed by atoms with Gasteiger partial charge in [-0.25, -0.2) is 4.98 Å². The van der Waals surface area contributed by atoms with Crippen molar-refractivity contribution < 1.29 is 0 Å². The van der Waals surface area contributed by atoms with Crippen LogP contribution in [0.2, 0.25) is 0 Å². The quantitative estimate of drug-likeness (QED) is 0.485. The fraction of sp³-hybridized carbons (Fsp3) is 0.0870. The third-order valence-electron chi connectivity index (χ3n) is 5.14. The molecule has 0 saturated carbocycles. The molecular weight excluding hydrogens is 348 g/mol. The predicted molar refractivity (Wildman–Crippen MR) is 111 cm³/mol. The number of hydrogen-bond donors (Lipinski definition) is 0. The second-order valence-electron chi connectivity index (χ2n) is 6.95. The van der Waals surface area contributed by atoms with Gasteiger partial charge in [0.15, 0.2) is 0 Å². The summed E-state index contributed by atoms with van der Waals surface area (Å²) in [6, 6.07) is 18.7. The van der Waals surface area contributed by atoms with Crippen LogP contribution < -0.4 is 5.56 Å². The molecule has 5 aromatic rings. The van der Waals surface area contributed by atoms with Crippen LogP contribution in [0.25, 0.3) is 33.1 Å². The van der Waals surface area contributed by atoms with Gasteiger partial charge in [0.05, 0.1) is 30.0 Å². The summed E-state index contributed by atoms with van der Waals surface area (Å²) in [5.41, 5.74) is 5.92. The Bertz CT molecular complexity index is 1380. The lowest BCUT2D eigenvalue weighted by Gasteiger charge is -2.11. The predicted octanol–water partition coefficient (Wildman–Crippen LogP) is 4.00. The van der Waals surface area contributed by atoms with E-state index in [0.29, 0.717) is 6.54 Å². The van der Waals surface area contributed by atoms with Crippen molar-refractivity contribution in [3.63, 3.8) is 0 Å². The highest BCUT2D eigenvalue weighted by atomic mass is 16.1. The second kappa shape index (κ2) is 6.46. The fourth-order valence-corrected chi connectivity index (χ4v) is 3.65. The molecule has 0 radical (unpaired) electrons. The molecule has 0 aliphatic rings. The van der Waals surface area contributed by atoms with Gasteiger partial charge in [0.2, 0.25) is 0 Å². The summed E-state index contributed by atoms with van der Waals surface area (Å²) in [6.45, 7) is 0.476. The van der Waals surface area contributed by atoms with Gasteiger partial charge in [-0.1, -0.05) is 30.3 Å². The lowest BCUT2D eigenvalue weighted by molar-refractivity contribution is 0.785. The van der Waals surface area contributed by atoms with Crippen molar-refractivity contribution in [2.24, 2.45) is 7.05 Å². The zero-order valence-electron chi connectivity index (χ0n) is 15.4. The van der Waals surface area contributed by atoms with E-state index in [2.05, 4.69) is 64.2 Å². The van der Waals surface area contributed by atoms with E-state index in [9.17, 15) is 4.79 Å². The number of hydrogen-bond acceptors (Lipinski definition) is 3. The highest BCUT2D eigenvalue weighted by Crippen LogP contribution is 2.26. The smallest absolute Gasteiger partial charge is 0.269 e. The first kappa shape index (κ1) is 16.4. The van der Waals surface area contributed by atoms with Crippen LogP contribution in [0.5, 0.6) is 0 Å². The van der Waals surface area contributed by atoms with Crippen LogP contribution in [-0.2, 0) is 13.6 Å². The monoisotopic (exact) mass is 366 g/mol. The van der Waals surface area contributed by atoms with Crippen molar-refractivity contribution in [1.29, 1.82) is 0 Å². The van der Waals surface area contributed by atoms with Crippen molar-refractivity contribution in [3.05, 3.63) is 95.3 Å². The van der Waals surface area contributed by atoms with Gasteiger partial charge < -0.3 is 4.57 Å². The molecule has 3 aromatic heterocycles. The maximum Gasteiger partial charge on any atom is 0.269 e. The number of benzene rings is 2. The van der Waals surface area contributed by atoms with Gasteiger partial charge in [-0.05, 0) is 46.3 Å². The topological polar surface area (TPSA) is 52.7 Å². The van der Waals surface area contributed by atoms with Crippen LogP contribution in [0, 0.1) is 0 Å². The van der Waals surface area contributed by atoms with Gasteiger partial charge in [0, 0.05) is 25.0 Å². The van der Waals surface area contributed by atoms with E-state index in [0.717, 1.165) is 27.7 Å². The van der Waals surface area contributed by atoms with E-state index in [1.54, 1.807) is 17.0 Å². The van der Waals surface area contributed by atoms with E-state index in [4.69, 9.17) is 0 Å². The summed E-state index contributed by atoms with van der Waals surface area (Å²) in [7, 11) is 2.05. The highest BCUT2D eigenvalue weighted by molar-refractivity contribution is 5.85. The van der Waals surface area contributed by atoms with Crippen molar-refractivity contribution in [1.82, 2.24) is 19.1 Å². The van der Waals surface area contributed by atoms with E-state index < -0.39 is 0 Å². The average molecular weight is 366 g/mol. The fourth-order valence-electron chi connectivity index (χ4n) is 3.65. The first-order valence-corrected chi connectivity index (χ1v) is 9.13. The molecule has 2 aromatic carbocycles. The Labute approximate surface area is 161 Å². The standard InChI is InChI=1S/C23H18N4O/c1-26-10-8-17-5-6-19(12-21(17)26)18-4-2-3-16(11-18)15-27-22-13-24-9-7-20(22)25-14-23(27)28/h2-14H,15H2,1H3. The molecule has 5 heteroatoms. The Kier molecular flexibility index (Phi) is 3.79. The minimum absolute atomic E-state index is 0.129. The molecule has 3 heterocycles. The molecule has 0 N–H and O–H groups in total. The molecule has 0 amide bonds. The molecule has 0 aliphatic carbocycles. The van der Waals surface area contributed by atoms with E-state index in [-0.39, 0.29) is 5.56 Å². The molecule has 5 rings (SSSR count). The summed E-state index contributed by atoms with van der Waals surface area (Å²) in [4.78, 5) is 20.8. The summed E-state index contributed by atoms with van der Waals surface area (Å²) in [5.74, 6) is 0. The molecule has 0 bridgehead atoms. The Hall–Kier alpha value is -3.73. The molecule has 0 aliphatic heterocycles. The molecule has 0 saturated heterocycles. The lowest BCUT2D eigenvalue weighted by Crippen LogP contribution is -2.21. The number of aromatic nitrogens is 4. The zero-order valence-corrected chi connectivity index (χ0v) is 15.4. The van der Waals surface area contributed by atoms with Gasteiger partial charge in [0.1, 0.15) is 0 Å². The first-order chi connectivity index (χ1) is 13.7. The SMILES string of the molecule is Cn1ccc2ccc(-c3cccc(Cn4c(=O)cnc5ccncc54)c3)cc21. The Morgan fingerprint density at radius 2 is 1.82 bits per heavy atom. The highest BCUT2D eigenvalue weighted by Gasteiger charge is 2.07. The minimum atomic E-state index is -0.129. The van der Waals surface area contributed by atoms with Crippen molar-refractivity contribution in [2.75, 3.05) is 0 Å².